The van der Waals surface area contributed by atoms with Crippen LogP contribution in [-0.2, 0) is 4.79 Å². The Balaban J connectivity index is 2.89. The Morgan fingerprint density at radius 1 is 1.04 bits per heavy atom. The van der Waals surface area contributed by atoms with Crippen molar-refractivity contribution in [3.05, 3.63) is 24.3 Å². The third-order valence-corrected chi connectivity index (χ3v) is 3.47. The Morgan fingerprint density at radius 3 is 1.96 bits per heavy atom. The number of unbranched alkanes of at least 4 members (excludes halogenated alkanes) is 1. The largest absolute Gasteiger partial charge is 0.494 e. The maximum Gasteiger partial charge on any atom is 0.411 e. The Bertz CT molecular complexity index is 537. The summed E-state index contributed by atoms with van der Waals surface area (Å²) in [6.07, 6.45) is -9.85. The van der Waals surface area contributed by atoms with Crippen LogP contribution in [0.2, 0.25) is 0 Å². The van der Waals surface area contributed by atoms with Crippen molar-refractivity contribution in [1.29, 1.82) is 0 Å². The zero-order chi connectivity index (χ0) is 18.6. The lowest BCUT2D eigenvalue weighted by molar-refractivity contribution is -0.317. The van der Waals surface area contributed by atoms with Crippen LogP contribution in [-0.4, -0.2) is 24.9 Å². The van der Waals surface area contributed by atoms with Crippen molar-refractivity contribution in [2.75, 3.05) is 11.9 Å². The molecule has 9 heteroatoms. The fourth-order valence-corrected chi connectivity index (χ4v) is 1.64. The van der Waals surface area contributed by atoms with Crippen LogP contribution < -0.4 is 10.1 Å². The quantitative estimate of drug-likeness (QED) is 0.579. The van der Waals surface area contributed by atoms with E-state index in [1.165, 1.54) is 24.3 Å². The minimum atomic E-state index is -5.78. The molecule has 3 nitrogen and oxygen atoms in total. The van der Waals surface area contributed by atoms with Gasteiger partial charge in [-0.25, -0.2) is 0 Å². The summed E-state index contributed by atoms with van der Waals surface area (Å²) in [5.41, 5.74) is -4.70. The highest BCUT2D eigenvalue weighted by Gasteiger charge is 2.72. The molecule has 0 bridgehead atoms. The van der Waals surface area contributed by atoms with Gasteiger partial charge in [-0.3, -0.25) is 4.79 Å². The SMILES string of the molecule is CCCCOc1ccc(NC(=O)C(C)(C(F)(F)F)C(F)(F)F)cc1. The number of alkyl halides is 6. The lowest BCUT2D eigenvalue weighted by Crippen LogP contribution is -2.55. The summed E-state index contributed by atoms with van der Waals surface area (Å²) in [5.74, 6) is -1.79. The van der Waals surface area contributed by atoms with Crippen LogP contribution in [0.1, 0.15) is 26.7 Å². The van der Waals surface area contributed by atoms with Gasteiger partial charge < -0.3 is 10.1 Å². The Kier molecular flexibility index (Phi) is 6.13. The maximum absolute atomic E-state index is 12.8. The fourth-order valence-electron chi connectivity index (χ4n) is 1.64. The van der Waals surface area contributed by atoms with E-state index in [0.29, 0.717) is 12.4 Å². The standard InChI is InChI=1S/C15H17F6NO2/c1-3-4-9-24-11-7-5-10(6-8-11)22-12(23)13(2,14(16,17)18)15(19,20)21/h5-8H,3-4,9H2,1-2H3,(H,22,23). The van der Waals surface area contributed by atoms with Crippen LogP contribution in [0.3, 0.4) is 0 Å². The second-order valence-electron chi connectivity index (χ2n) is 5.30. The molecule has 1 N–H and O–H groups in total. The predicted octanol–water partition coefficient (Wildman–Crippen LogP) is 4.93. The number of anilines is 1. The van der Waals surface area contributed by atoms with Crippen molar-refractivity contribution in [1.82, 2.24) is 0 Å². The van der Waals surface area contributed by atoms with Crippen molar-refractivity contribution in [3.8, 4) is 5.75 Å². The molecular weight excluding hydrogens is 340 g/mol. The third kappa shape index (κ3) is 4.33. The Labute approximate surface area is 135 Å². The molecule has 1 aromatic rings. The van der Waals surface area contributed by atoms with Crippen LogP contribution in [0.5, 0.6) is 5.75 Å². The average Bonchev–Trinajstić information content (AvgIpc) is 2.46. The fraction of sp³-hybridized carbons (Fsp3) is 0.533. The molecule has 0 fully saturated rings. The molecule has 0 aliphatic rings. The van der Waals surface area contributed by atoms with Gasteiger partial charge in [0, 0.05) is 5.69 Å². The van der Waals surface area contributed by atoms with Gasteiger partial charge in [0.2, 0.25) is 11.3 Å². The lowest BCUT2D eigenvalue weighted by Gasteiger charge is -2.32. The van der Waals surface area contributed by atoms with Gasteiger partial charge in [-0.05, 0) is 37.6 Å². The van der Waals surface area contributed by atoms with E-state index >= 15 is 0 Å². The molecule has 0 saturated carbocycles. The van der Waals surface area contributed by atoms with Gasteiger partial charge >= 0.3 is 12.4 Å². The van der Waals surface area contributed by atoms with E-state index in [0.717, 1.165) is 12.8 Å². The Hall–Kier alpha value is -1.93. The van der Waals surface area contributed by atoms with Crippen molar-refractivity contribution in [3.63, 3.8) is 0 Å². The van der Waals surface area contributed by atoms with E-state index in [2.05, 4.69) is 0 Å². The van der Waals surface area contributed by atoms with Gasteiger partial charge in [0.25, 0.3) is 0 Å². The van der Waals surface area contributed by atoms with Crippen molar-refractivity contribution < 1.29 is 35.9 Å². The molecule has 0 saturated heterocycles. The maximum atomic E-state index is 12.8. The van der Waals surface area contributed by atoms with Crippen LogP contribution in [0.25, 0.3) is 0 Å². The average molecular weight is 357 g/mol. The molecule has 24 heavy (non-hydrogen) atoms. The van der Waals surface area contributed by atoms with Gasteiger partial charge in [-0.2, -0.15) is 26.3 Å². The smallest absolute Gasteiger partial charge is 0.411 e. The highest BCUT2D eigenvalue weighted by Crippen LogP contribution is 2.50. The van der Waals surface area contributed by atoms with Gasteiger partial charge in [0.15, 0.2) is 0 Å². The van der Waals surface area contributed by atoms with E-state index in [1.807, 2.05) is 6.92 Å². The van der Waals surface area contributed by atoms with Gasteiger partial charge in [0.1, 0.15) is 5.75 Å². The number of halogens is 6. The van der Waals surface area contributed by atoms with E-state index in [1.54, 1.807) is 5.32 Å². The molecule has 0 aromatic heterocycles. The molecule has 1 rings (SSSR count). The number of nitrogens with one attached hydrogen (secondary N) is 1. The zero-order valence-electron chi connectivity index (χ0n) is 13.0. The molecule has 0 atom stereocenters. The zero-order valence-corrected chi connectivity index (χ0v) is 13.0. The highest BCUT2D eigenvalue weighted by atomic mass is 19.4. The van der Waals surface area contributed by atoms with E-state index in [4.69, 9.17) is 4.74 Å². The number of rotatable bonds is 6. The second-order valence-corrected chi connectivity index (χ2v) is 5.30. The highest BCUT2D eigenvalue weighted by molar-refractivity contribution is 5.96. The van der Waals surface area contributed by atoms with Crippen LogP contribution in [0.4, 0.5) is 32.0 Å². The third-order valence-electron chi connectivity index (χ3n) is 3.47. The molecule has 1 aromatic carbocycles. The summed E-state index contributed by atoms with van der Waals surface area (Å²) in [6, 6.07) is 5.05. The van der Waals surface area contributed by atoms with Gasteiger partial charge in [-0.1, -0.05) is 13.3 Å². The first-order valence-electron chi connectivity index (χ1n) is 7.11. The minimum absolute atomic E-state index is 0.190. The molecule has 0 aliphatic carbocycles. The van der Waals surface area contributed by atoms with Crippen molar-refractivity contribution >= 4 is 11.6 Å². The number of carbonyl (C=O) groups excluding carboxylic acids is 1. The van der Waals surface area contributed by atoms with E-state index < -0.39 is 23.7 Å². The Morgan fingerprint density at radius 2 is 1.54 bits per heavy atom. The number of hydrogen-bond acceptors (Lipinski definition) is 2. The van der Waals surface area contributed by atoms with E-state index in [9.17, 15) is 31.1 Å². The van der Waals surface area contributed by atoms with Crippen molar-refractivity contribution in [2.24, 2.45) is 5.41 Å². The molecule has 0 unspecified atom stereocenters. The number of benzene rings is 1. The first-order chi connectivity index (χ1) is 10.9. The molecule has 1 amide bonds. The molecule has 136 valence electrons. The molecule has 0 spiro atoms. The molecule has 0 heterocycles. The van der Waals surface area contributed by atoms with Gasteiger partial charge in [-0.15, -0.1) is 0 Å². The van der Waals surface area contributed by atoms with Gasteiger partial charge in [0.05, 0.1) is 6.61 Å². The van der Waals surface area contributed by atoms with Crippen LogP contribution >= 0.6 is 0 Å². The number of hydrogen-bond donors (Lipinski definition) is 1. The first-order valence-corrected chi connectivity index (χ1v) is 7.11. The molecule has 0 aliphatic heterocycles. The number of ether oxygens (including phenoxy) is 1. The second kappa shape index (κ2) is 7.31. The summed E-state index contributed by atoms with van der Waals surface area (Å²) in [6.45, 7) is 2.20. The van der Waals surface area contributed by atoms with Crippen molar-refractivity contribution in [2.45, 2.75) is 39.0 Å². The van der Waals surface area contributed by atoms with Crippen LogP contribution in [0, 0.1) is 5.41 Å². The number of carbonyl (C=O) groups is 1. The minimum Gasteiger partial charge on any atom is -0.494 e. The number of amides is 1. The summed E-state index contributed by atoms with van der Waals surface area (Å²) >= 11 is 0. The molecule has 0 radical (unpaired) electrons. The lowest BCUT2D eigenvalue weighted by atomic mass is 9.87. The van der Waals surface area contributed by atoms with Crippen LogP contribution in [0.15, 0.2) is 24.3 Å². The summed E-state index contributed by atoms with van der Waals surface area (Å²) in [4.78, 5) is 11.6. The normalized spacial score (nSPS) is 12.8. The molecular formula is C15H17F6NO2. The van der Waals surface area contributed by atoms with E-state index in [-0.39, 0.29) is 12.6 Å². The predicted molar refractivity (Wildman–Crippen MR) is 75.7 cm³/mol. The summed E-state index contributed by atoms with van der Waals surface area (Å²) in [7, 11) is 0. The summed E-state index contributed by atoms with van der Waals surface area (Å²) < 4.78 is 82.0. The topological polar surface area (TPSA) is 38.3 Å². The monoisotopic (exact) mass is 357 g/mol. The first kappa shape index (κ1) is 20.1. The summed E-state index contributed by atoms with van der Waals surface area (Å²) in [5, 5.41) is 1.66.